The average molecular weight is 228 g/mol. The van der Waals surface area contributed by atoms with Gasteiger partial charge in [-0.05, 0) is 17.7 Å². The minimum Gasteiger partial charge on any atom is -0.312 e. The lowest BCUT2D eigenvalue weighted by molar-refractivity contribution is -0.133. The molecule has 0 heterocycles. The van der Waals surface area contributed by atoms with Crippen LogP contribution >= 0.6 is 0 Å². The SMILES string of the molecule is N#Cc1cccc(CNCCC(F)(F)F)c1. The van der Waals surface area contributed by atoms with Crippen LogP contribution in [-0.2, 0) is 6.54 Å². The third-order valence-electron chi connectivity index (χ3n) is 1.97. The first-order valence-corrected chi connectivity index (χ1v) is 4.78. The highest BCUT2D eigenvalue weighted by molar-refractivity contribution is 5.32. The smallest absolute Gasteiger partial charge is 0.312 e. The van der Waals surface area contributed by atoms with Crippen LogP contribution in [-0.4, -0.2) is 12.7 Å². The molecule has 5 heteroatoms. The van der Waals surface area contributed by atoms with E-state index < -0.39 is 12.6 Å². The standard InChI is InChI=1S/C11H11F3N2/c12-11(13,14)4-5-16-8-10-3-1-2-9(6-10)7-15/h1-3,6,16H,4-5,8H2. The fourth-order valence-corrected chi connectivity index (χ4v) is 1.21. The Morgan fingerprint density at radius 3 is 2.69 bits per heavy atom. The molecule has 0 aliphatic heterocycles. The molecule has 0 radical (unpaired) electrons. The van der Waals surface area contributed by atoms with Crippen molar-refractivity contribution in [2.75, 3.05) is 6.54 Å². The molecule has 0 saturated heterocycles. The number of halogens is 3. The van der Waals surface area contributed by atoms with Crippen molar-refractivity contribution in [3.05, 3.63) is 35.4 Å². The maximum absolute atomic E-state index is 11.8. The highest BCUT2D eigenvalue weighted by Gasteiger charge is 2.25. The summed E-state index contributed by atoms with van der Waals surface area (Å²) < 4.78 is 35.5. The van der Waals surface area contributed by atoms with Crippen LogP contribution in [0.5, 0.6) is 0 Å². The quantitative estimate of drug-likeness (QED) is 0.804. The summed E-state index contributed by atoms with van der Waals surface area (Å²) in [7, 11) is 0. The molecule has 1 N–H and O–H groups in total. The number of benzene rings is 1. The van der Waals surface area contributed by atoms with E-state index in [0.29, 0.717) is 12.1 Å². The van der Waals surface area contributed by atoms with Gasteiger partial charge in [0, 0.05) is 13.1 Å². The largest absolute Gasteiger partial charge is 0.390 e. The monoisotopic (exact) mass is 228 g/mol. The van der Waals surface area contributed by atoms with E-state index in [-0.39, 0.29) is 6.54 Å². The highest BCUT2D eigenvalue weighted by Crippen LogP contribution is 2.18. The Morgan fingerprint density at radius 2 is 2.06 bits per heavy atom. The number of rotatable bonds is 4. The third-order valence-corrected chi connectivity index (χ3v) is 1.97. The number of nitriles is 1. The summed E-state index contributed by atoms with van der Waals surface area (Å²) in [5.74, 6) is 0. The van der Waals surface area contributed by atoms with Crippen LogP contribution in [0, 0.1) is 11.3 Å². The molecule has 0 saturated carbocycles. The molecule has 0 fully saturated rings. The summed E-state index contributed by atoms with van der Waals surface area (Å²) in [5.41, 5.74) is 1.32. The third kappa shape index (κ3) is 4.80. The molecule has 0 unspecified atom stereocenters. The zero-order chi connectivity index (χ0) is 12.0. The Balaban J connectivity index is 2.35. The van der Waals surface area contributed by atoms with E-state index in [1.165, 1.54) is 0 Å². The molecule has 16 heavy (non-hydrogen) atoms. The molecule has 1 aromatic rings. The summed E-state index contributed by atoms with van der Waals surface area (Å²) in [4.78, 5) is 0. The lowest BCUT2D eigenvalue weighted by Crippen LogP contribution is -2.21. The zero-order valence-corrected chi connectivity index (χ0v) is 8.51. The number of nitrogens with one attached hydrogen (secondary N) is 1. The van der Waals surface area contributed by atoms with Gasteiger partial charge in [0.05, 0.1) is 18.1 Å². The molecule has 1 rings (SSSR count). The van der Waals surface area contributed by atoms with Crippen LogP contribution in [0.3, 0.4) is 0 Å². The molecule has 2 nitrogen and oxygen atoms in total. The van der Waals surface area contributed by atoms with Gasteiger partial charge < -0.3 is 5.32 Å². The Morgan fingerprint density at radius 1 is 1.31 bits per heavy atom. The van der Waals surface area contributed by atoms with Gasteiger partial charge in [-0.3, -0.25) is 0 Å². The van der Waals surface area contributed by atoms with Gasteiger partial charge in [0.1, 0.15) is 0 Å². The topological polar surface area (TPSA) is 35.8 Å². The number of hydrogen-bond acceptors (Lipinski definition) is 2. The summed E-state index contributed by atoms with van der Waals surface area (Å²) in [6.45, 7) is 0.228. The number of hydrogen-bond donors (Lipinski definition) is 1. The summed E-state index contributed by atoms with van der Waals surface area (Å²) in [5, 5.41) is 11.3. The molecule has 0 aliphatic rings. The fraction of sp³-hybridized carbons (Fsp3) is 0.364. The van der Waals surface area contributed by atoms with Crippen molar-refractivity contribution in [2.24, 2.45) is 0 Å². The van der Waals surface area contributed by atoms with Crippen LogP contribution in [0.4, 0.5) is 13.2 Å². The van der Waals surface area contributed by atoms with Gasteiger partial charge in [0.15, 0.2) is 0 Å². The Kier molecular flexibility index (Phi) is 4.32. The van der Waals surface area contributed by atoms with Crippen LogP contribution < -0.4 is 5.32 Å². The van der Waals surface area contributed by atoms with E-state index in [9.17, 15) is 13.2 Å². The molecular formula is C11H11F3N2. The second kappa shape index (κ2) is 5.52. The predicted octanol–water partition coefficient (Wildman–Crippen LogP) is 2.60. The van der Waals surface area contributed by atoms with E-state index >= 15 is 0 Å². The van der Waals surface area contributed by atoms with Crippen LogP contribution in [0.25, 0.3) is 0 Å². The van der Waals surface area contributed by atoms with Crippen LogP contribution in [0.1, 0.15) is 17.5 Å². The van der Waals surface area contributed by atoms with Crippen molar-refractivity contribution in [1.82, 2.24) is 5.32 Å². The van der Waals surface area contributed by atoms with Crippen LogP contribution in [0.2, 0.25) is 0 Å². The lowest BCUT2D eigenvalue weighted by atomic mass is 10.1. The van der Waals surface area contributed by atoms with E-state index in [1.54, 1.807) is 24.3 Å². The van der Waals surface area contributed by atoms with Gasteiger partial charge in [0.25, 0.3) is 0 Å². The van der Waals surface area contributed by atoms with Gasteiger partial charge in [-0.2, -0.15) is 18.4 Å². The van der Waals surface area contributed by atoms with Gasteiger partial charge >= 0.3 is 6.18 Å². The summed E-state index contributed by atoms with van der Waals surface area (Å²) in [6, 6.07) is 8.75. The zero-order valence-electron chi connectivity index (χ0n) is 8.51. The molecule has 86 valence electrons. The van der Waals surface area contributed by atoms with Crippen molar-refractivity contribution < 1.29 is 13.2 Å². The van der Waals surface area contributed by atoms with E-state index in [4.69, 9.17) is 5.26 Å². The second-order valence-corrected chi connectivity index (χ2v) is 3.35. The molecule has 0 atom stereocenters. The molecule has 0 aromatic heterocycles. The van der Waals surface area contributed by atoms with Crippen molar-refractivity contribution in [2.45, 2.75) is 19.1 Å². The predicted molar refractivity (Wildman–Crippen MR) is 53.5 cm³/mol. The maximum atomic E-state index is 11.8. The maximum Gasteiger partial charge on any atom is 0.390 e. The van der Waals surface area contributed by atoms with Crippen molar-refractivity contribution in [1.29, 1.82) is 5.26 Å². The molecule has 1 aromatic carbocycles. The van der Waals surface area contributed by atoms with Gasteiger partial charge in [0.2, 0.25) is 0 Å². The van der Waals surface area contributed by atoms with Gasteiger partial charge in [-0.25, -0.2) is 0 Å². The van der Waals surface area contributed by atoms with Crippen molar-refractivity contribution in [3.63, 3.8) is 0 Å². The Hall–Kier alpha value is -1.54. The van der Waals surface area contributed by atoms with E-state index in [0.717, 1.165) is 5.56 Å². The van der Waals surface area contributed by atoms with Gasteiger partial charge in [-0.1, -0.05) is 12.1 Å². The lowest BCUT2D eigenvalue weighted by Gasteiger charge is -2.07. The number of nitrogens with zero attached hydrogens (tertiary/aromatic N) is 1. The van der Waals surface area contributed by atoms with Gasteiger partial charge in [-0.15, -0.1) is 0 Å². The first-order chi connectivity index (χ1) is 7.51. The average Bonchev–Trinajstić information content (AvgIpc) is 2.23. The van der Waals surface area contributed by atoms with E-state index in [1.807, 2.05) is 6.07 Å². The minimum absolute atomic E-state index is 0.111. The Bertz CT molecular complexity index is 380. The fourth-order valence-electron chi connectivity index (χ4n) is 1.21. The molecule has 0 amide bonds. The molecular weight excluding hydrogens is 217 g/mol. The first kappa shape index (κ1) is 12.5. The molecule has 0 spiro atoms. The normalized spacial score (nSPS) is 11.1. The Labute approximate surface area is 91.7 Å². The summed E-state index contributed by atoms with van der Waals surface area (Å²) in [6.07, 6.45) is -4.97. The second-order valence-electron chi connectivity index (χ2n) is 3.35. The molecule has 0 bridgehead atoms. The molecule has 0 aliphatic carbocycles. The minimum atomic E-state index is -4.12. The summed E-state index contributed by atoms with van der Waals surface area (Å²) >= 11 is 0. The van der Waals surface area contributed by atoms with Crippen molar-refractivity contribution >= 4 is 0 Å². The first-order valence-electron chi connectivity index (χ1n) is 4.78. The van der Waals surface area contributed by atoms with Crippen LogP contribution in [0.15, 0.2) is 24.3 Å². The highest BCUT2D eigenvalue weighted by atomic mass is 19.4. The van der Waals surface area contributed by atoms with E-state index in [2.05, 4.69) is 5.32 Å². The van der Waals surface area contributed by atoms with Crippen molar-refractivity contribution in [3.8, 4) is 6.07 Å². The number of alkyl halides is 3.